The molecule has 2 amide bonds. The zero-order valence-corrected chi connectivity index (χ0v) is 17.8. The normalized spacial score (nSPS) is 15.1. The lowest BCUT2D eigenvalue weighted by Gasteiger charge is -2.42. The van der Waals surface area contributed by atoms with E-state index >= 15 is 0 Å². The first kappa shape index (κ1) is 20.8. The number of anilines is 2. The number of fused-ring (bicyclic) bond motifs is 1. The van der Waals surface area contributed by atoms with E-state index < -0.39 is 5.54 Å². The van der Waals surface area contributed by atoms with Gasteiger partial charge in [0.15, 0.2) is 5.76 Å². The summed E-state index contributed by atoms with van der Waals surface area (Å²) in [6.07, 6.45) is 2.38. The number of hydrogen-bond acceptors (Lipinski definition) is 7. The third-order valence-corrected chi connectivity index (χ3v) is 5.21. The summed E-state index contributed by atoms with van der Waals surface area (Å²) < 4.78 is 11.0. The van der Waals surface area contributed by atoms with Crippen LogP contribution in [0.25, 0.3) is 11.7 Å². The zero-order chi connectivity index (χ0) is 22.0. The van der Waals surface area contributed by atoms with Crippen LogP contribution in [0.4, 0.5) is 11.4 Å². The smallest absolute Gasteiger partial charge is 0.283 e. The Balaban J connectivity index is 1.54. The molecule has 1 aliphatic heterocycles. The minimum Gasteiger partial charge on any atom is -0.459 e. The molecule has 3 aromatic rings. The van der Waals surface area contributed by atoms with Crippen molar-refractivity contribution in [2.75, 3.05) is 23.3 Å². The maximum Gasteiger partial charge on any atom is 0.283 e. The lowest BCUT2D eigenvalue weighted by atomic mass is 9.96. The van der Waals surface area contributed by atoms with E-state index in [4.69, 9.17) is 8.83 Å². The van der Waals surface area contributed by atoms with Crippen LogP contribution in [0.15, 0.2) is 51.5 Å². The highest BCUT2D eigenvalue weighted by molar-refractivity contribution is 6.14. The third kappa shape index (κ3) is 4.09. The summed E-state index contributed by atoms with van der Waals surface area (Å²) in [5, 5.41) is 11.0. The number of furan rings is 1. The van der Waals surface area contributed by atoms with Crippen molar-refractivity contribution >= 4 is 23.2 Å². The van der Waals surface area contributed by atoms with Gasteiger partial charge in [-0.05, 0) is 51.1 Å². The number of nitrogens with zero attached hydrogens (tertiary/aromatic N) is 4. The van der Waals surface area contributed by atoms with Gasteiger partial charge >= 0.3 is 0 Å². The molecule has 9 heteroatoms. The molecule has 2 aromatic heterocycles. The molecular formula is C22H25N5O4. The van der Waals surface area contributed by atoms with Gasteiger partial charge in [0, 0.05) is 0 Å². The van der Waals surface area contributed by atoms with Crippen LogP contribution in [0.1, 0.15) is 33.1 Å². The summed E-state index contributed by atoms with van der Waals surface area (Å²) >= 11 is 0. The summed E-state index contributed by atoms with van der Waals surface area (Å²) in [5.74, 6) is 0.789. The fraction of sp³-hybridized carbons (Fsp3) is 0.364. The molecule has 0 bridgehead atoms. The predicted octanol–water partition coefficient (Wildman–Crippen LogP) is 3.31. The lowest BCUT2D eigenvalue weighted by molar-refractivity contribution is -0.127. The molecule has 0 saturated carbocycles. The van der Waals surface area contributed by atoms with Crippen molar-refractivity contribution in [3.05, 3.63) is 48.6 Å². The molecule has 31 heavy (non-hydrogen) atoms. The Morgan fingerprint density at radius 3 is 2.74 bits per heavy atom. The van der Waals surface area contributed by atoms with Crippen LogP contribution >= 0.6 is 0 Å². The van der Waals surface area contributed by atoms with E-state index in [1.807, 2.05) is 30.0 Å². The molecule has 0 fully saturated rings. The summed E-state index contributed by atoms with van der Waals surface area (Å²) in [6.45, 7) is 6.61. The molecule has 1 aromatic carbocycles. The topological polar surface area (TPSA) is 105 Å². The van der Waals surface area contributed by atoms with E-state index in [0.29, 0.717) is 42.0 Å². The number of rotatable bonds is 7. The fourth-order valence-corrected chi connectivity index (χ4v) is 3.70. The maximum absolute atomic E-state index is 13.4. The number of benzene rings is 1. The molecule has 0 spiro atoms. The van der Waals surface area contributed by atoms with Gasteiger partial charge in [0.2, 0.25) is 17.7 Å². The van der Waals surface area contributed by atoms with Crippen molar-refractivity contribution in [3.8, 4) is 11.7 Å². The molecule has 0 radical (unpaired) electrons. The average molecular weight is 423 g/mol. The maximum atomic E-state index is 13.4. The number of carbonyl (C=O) groups is 2. The Morgan fingerprint density at radius 1 is 1.19 bits per heavy atom. The molecule has 1 aliphatic rings. The van der Waals surface area contributed by atoms with Crippen LogP contribution in [0.3, 0.4) is 0 Å². The largest absolute Gasteiger partial charge is 0.459 e. The van der Waals surface area contributed by atoms with Gasteiger partial charge in [0.1, 0.15) is 5.54 Å². The van der Waals surface area contributed by atoms with Crippen LogP contribution in [0.5, 0.6) is 0 Å². The summed E-state index contributed by atoms with van der Waals surface area (Å²) in [7, 11) is 0. The quantitative estimate of drug-likeness (QED) is 0.622. The first-order chi connectivity index (χ1) is 14.9. The average Bonchev–Trinajstić information content (AvgIpc) is 3.40. The summed E-state index contributed by atoms with van der Waals surface area (Å²) in [5.41, 5.74) is 0.300. The third-order valence-electron chi connectivity index (χ3n) is 5.21. The van der Waals surface area contributed by atoms with Crippen LogP contribution in [-0.2, 0) is 16.1 Å². The van der Waals surface area contributed by atoms with Gasteiger partial charge < -0.3 is 14.2 Å². The monoisotopic (exact) mass is 423 g/mol. The Bertz CT molecular complexity index is 1070. The molecule has 4 rings (SSSR count). The Morgan fingerprint density at radius 2 is 2.00 bits per heavy atom. The molecule has 0 atom stereocenters. The van der Waals surface area contributed by atoms with E-state index in [9.17, 15) is 9.59 Å². The van der Waals surface area contributed by atoms with Gasteiger partial charge in [-0.1, -0.05) is 19.1 Å². The number of nitrogens with one attached hydrogen (secondary N) is 1. The van der Waals surface area contributed by atoms with E-state index in [1.54, 1.807) is 36.9 Å². The van der Waals surface area contributed by atoms with Crippen molar-refractivity contribution in [1.82, 2.24) is 15.1 Å². The summed E-state index contributed by atoms with van der Waals surface area (Å²) in [4.78, 5) is 29.6. The zero-order valence-electron chi connectivity index (χ0n) is 17.8. The molecule has 0 saturated heterocycles. The van der Waals surface area contributed by atoms with Crippen molar-refractivity contribution in [3.63, 3.8) is 0 Å². The standard InChI is InChI=1S/C22H25N5O4/c1-4-11-26(13-18-24-25-20(31-18)17-10-7-12-30-17)14-19(28)27-16-9-6-5-8-15(16)23-21(29)22(27,2)3/h5-10,12H,4,11,13-14H2,1-3H3,(H,23,29). The molecule has 162 valence electrons. The molecular weight excluding hydrogens is 398 g/mol. The number of hydrogen-bond donors (Lipinski definition) is 1. The van der Waals surface area contributed by atoms with Crippen molar-refractivity contribution < 1.29 is 18.4 Å². The lowest BCUT2D eigenvalue weighted by Crippen LogP contribution is -2.60. The predicted molar refractivity (Wildman–Crippen MR) is 114 cm³/mol. The van der Waals surface area contributed by atoms with Gasteiger partial charge in [-0.15, -0.1) is 10.2 Å². The SMILES string of the molecule is CCCN(CC(=O)N1c2ccccc2NC(=O)C1(C)C)Cc1nnc(-c2ccco2)o1. The van der Waals surface area contributed by atoms with Crippen molar-refractivity contribution in [2.45, 2.75) is 39.3 Å². The van der Waals surface area contributed by atoms with Crippen LogP contribution in [-0.4, -0.2) is 45.5 Å². The number of aromatic nitrogens is 2. The number of amides is 2. The van der Waals surface area contributed by atoms with Crippen LogP contribution in [0, 0.1) is 0 Å². The van der Waals surface area contributed by atoms with Crippen LogP contribution in [0.2, 0.25) is 0 Å². The molecule has 0 unspecified atom stereocenters. The second-order valence-corrected chi connectivity index (χ2v) is 7.95. The summed E-state index contributed by atoms with van der Waals surface area (Å²) in [6, 6.07) is 10.8. The molecule has 9 nitrogen and oxygen atoms in total. The Labute approximate surface area is 180 Å². The Kier molecular flexibility index (Phi) is 5.60. The van der Waals surface area contributed by atoms with E-state index in [1.165, 1.54) is 6.26 Å². The molecule has 3 heterocycles. The second kappa shape index (κ2) is 8.35. The minimum atomic E-state index is -1.01. The number of para-hydroxylation sites is 2. The highest BCUT2D eigenvalue weighted by Crippen LogP contribution is 2.36. The molecule has 0 aliphatic carbocycles. The Hall–Kier alpha value is -3.46. The van der Waals surface area contributed by atoms with Crippen molar-refractivity contribution in [2.24, 2.45) is 0 Å². The van der Waals surface area contributed by atoms with Gasteiger partial charge in [-0.3, -0.25) is 19.4 Å². The van der Waals surface area contributed by atoms with Gasteiger partial charge in [-0.25, -0.2) is 0 Å². The van der Waals surface area contributed by atoms with Crippen molar-refractivity contribution in [1.29, 1.82) is 0 Å². The highest BCUT2D eigenvalue weighted by atomic mass is 16.4. The highest BCUT2D eigenvalue weighted by Gasteiger charge is 2.43. The second-order valence-electron chi connectivity index (χ2n) is 7.95. The van der Waals surface area contributed by atoms with Gasteiger partial charge in [-0.2, -0.15) is 0 Å². The molecule has 1 N–H and O–H groups in total. The minimum absolute atomic E-state index is 0.108. The van der Waals surface area contributed by atoms with Crippen LogP contribution < -0.4 is 10.2 Å². The van der Waals surface area contributed by atoms with E-state index in [-0.39, 0.29) is 18.4 Å². The first-order valence-electron chi connectivity index (χ1n) is 10.2. The van der Waals surface area contributed by atoms with Gasteiger partial charge in [0.05, 0.1) is 30.7 Å². The van der Waals surface area contributed by atoms with E-state index in [0.717, 1.165) is 6.42 Å². The fourth-order valence-electron chi connectivity index (χ4n) is 3.70. The number of carbonyl (C=O) groups excluding carboxylic acids is 2. The first-order valence-corrected chi connectivity index (χ1v) is 10.2. The van der Waals surface area contributed by atoms with Gasteiger partial charge in [0.25, 0.3) is 5.89 Å². The van der Waals surface area contributed by atoms with E-state index in [2.05, 4.69) is 15.5 Å².